The zero-order valence-corrected chi connectivity index (χ0v) is 15.6. The highest BCUT2D eigenvalue weighted by Gasteiger charge is 2.49. The molecule has 0 amide bonds. The first-order valence-electron chi connectivity index (χ1n) is 8.98. The molecule has 7 nitrogen and oxygen atoms in total. The number of allylic oxidation sites excluding steroid dienone is 1. The minimum atomic E-state index is -3.00. The third kappa shape index (κ3) is 3.20. The number of rotatable bonds is 3. The summed E-state index contributed by atoms with van der Waals surface area (Å²) in [4.78, 5) is 1.73. The Labute approximate surface area is 156 Å². The second-order valence-corrected chi connectivity index (χ2v) is 7.43. The van der Waals surface area contributed by atoms with Crippen molar-refractivity contribution in [3.8, 4) is 5.75 Å². The van der Waals surface area contributed by atoms with Gasteiger partial charge in [0, 0.05) is 25.6 Å². The summed E-state index contributed by atoms with van der Waals surface area (Å²) in [6, 6.07) is 0. The summed E-state index contributed by atoms with van der Waals surface area (Å²) < 4.78 is 37.5. The average Bonchev–Trinajstić information content (AvgIpc) is 3.17. The van der Waals surface area contributed by atoms with E-state index in [1.807, 2.05) is 13.8 Å². The zero-order valence-electron chi connectivity index (χ0n) is 15.6. The van der Waals surface area contributed by atoms with Gasteiger partial charge in [0.15, 0.2) is 24.6 Å². The predicted molar refractivity (Wildman–Crippen MR) is 95.6 cm³/mol. The molecule has 1 saturated heterocycles. The Bertz CT molecular complexity index is 858. The average molecular weight is 379 g/mol. The standard InChI is InChI=1S/C18H23F2N5O2/c1-11-12(2)17(22-15-9-25(26)8-14(11)15)24-5-4-16(18(19,20)10-24)27-13-6-21-23(3)7-13/h6-7,9,16-17,22H,4-5,8,10H2,1-3H3. The number of aryl methyl sites for hydroxylation is 1. The van der Waals surface area contributed by atoms with E-state index in [1.165, 1.54) is 17.1 Å². The van der Waals surface area contributed by atoms with E-state index >= 15 is 0 Å². The van der Waals surface area contributed by atoms with E-state index in [9.17, 15) is 14.0 Å². The molecule has 2 atom stereocenters. The molecule has 0 spiro atoms. The third-order valence-corrected chi connectivity index (χ3v) is 5.55. The van der Waals surface area contributed by atoms with Gasteiger partial charge in [0.2, 0.25) is 0 Å². The fraction of sp³-hybridized carbons (Fsp3) is 0.556. The van der Waals surface area contributed by atoms with E-state index in [0.717, 1.165) is 27.2 Å². The van der Waals surface area contributed by atoms with Gasteiger partial charge in [0.1, 0.15) is 11.9 Å². The third-order valence-electron chi connectivity index (χ3n) is 5.55. The van der Waals surface area contributed by atoms with E-state index in [0.29, 0.717) is 18.8 Å². The number of likely N-dealkylation sites (tertiary alicyclic amines) is 1. The summed E-state index contributed by atoms with van der Waals surface area (Å²) in [5, 5.41) is 18.9. The van der Waals surface area contributed by atoms with Gasteiger partial charge in [-0.15, -0.1) is 0 Å². The van der Waals surface area contributed by atoms with Crippen LogP contribution in [-0.2, 0) is 7.05 Å². The van der Waals surface area contributed by atoms with Crippen molar-refractivity contribution in [3.63, 3.8) is 0 Å². The van der Waals surface area contributed by atoms with Crippen molar-refractivity contribution >= 4 is 6.21 Å². The summed E-state index contributed by atoms with van der Waals surface area (Å²) in [6.45, 7) is 4.23. The Morgan fingerprint density at radius 1 is 1.41 bits per heavy atom. The Balaban J connectivity index is 1.49. The second-order valence-electron chi connectivity index (χ2n) is 7.43. The summed E-state index contributed by atoms with van der Waals surface area (Å²) in [6.07, 6.45) is 3.19. The molecule has 0 radical (unpaired) electrons. The number of hydrogen-bond donors (Lipinski definition) is 1. The maximum absolute atomic E-state index is 14.8. The van der Waals surface area contributed by atoms with Gasteiger partial charge in [0.05, 0.1) is 18.9 Å². The molecule has 1 fully saturated rings. The molecule has 27 heavy (non-hydrogen) atoms. The zero-order chi connectivity index (χ0) is 19.3. The first-order chi connectivity index (χ1) is 12.7. The lowest BCUT2D eigenvalue weighted by molar-refractivity contribution is -0.438. The predicted octanol–water partition coefficient (Wildman–Crippen LogP) is 1.62. The molecule has 146 valence electrons. The smallest absolute Gasteiger partial charge is 0.296 e. The van der Waals surface area contributed by atoms with Gasteiger partial charge in [-0.2, -0.15) is 5.10 Å². The number of hydroxylamine groups is 1. The Morgan fingerprint density at radius 2 is 2.19 bits per heavy atom. The minimum Gasteiger partial charge on any atom is -0.623 e. The largest absolute Gasteiger partial charge is 0.623 e. The van der Waals surface area contributed by atoms with Gasteiger partial charge < -0.3 is 15.3 Å². The number of alkyl halides is 2. The number of nitrogens with zero attached hydrogens (tertiary/aromatic N) is 4. The van der Waals surface area contributed by atoms with Crippen LogP contribution in [0.2, 0.25) is 0 Å². The fourth-order valence-corrected chi connectivity index (χ4v) is 3.95. The van der Waals surface area contributed by atoms with Crippen molar-refractivity contribution in [1.29, 1.82) is 0 Å². The highest BCUT2D eigenvalue weighted by Crippen LogP contribution is 2.35. The fourth-order valence-electron chi connectivity index (χ4n) is 3.95. The number of ether oxygens (including phenoxy) is 1. The SMILES string of the molecule is CC1=C(C)C(N2CCC(Oc3cnn(C)c3)C(F)(F)C2)NC2=C1C[N+]([O-])=C2. The first-order valence-corrected chi connectivity index (χ1v) is 8.98. The Kier molecular flexibility index (Phi) is 4.21. The molecule has 0 aromatic carbocycles. The number of piperidine rings is 1. The highest BCUT2D eigenvalue weighted by atomic mass is 19.3. The van der Waals surface area contributed by atoms with Gasteiger partial charge in [-0.3, -0.25) is 9.58 Å². The van der Waals surface area contributed by atoms with Gasteiger partial charge in [-0.05, 0) is 25.0 Å². The van der Waals surface area contributed by atoms with Gasteiger partial charge in [-0.1, -0.05) is 0 Å². The van der Waals surface area contributed by atoms with Crippen molar-refractivity contribution < 1.29 is 18.3 Å². The maximum Gasteiger partial charge on any atom is 0.296 e. The van der Waals surface area contributed by atoms with Crippen LogP contribution in [0.25, 0.3) is 0 Å². The number of dihydropyridines is 1. The summed E-state index contributed by atoms with van der Waals surface area (Å²) in [7, 11) is 1.71. The van der Waals surface area contributed by atoms with Crippen molar-refractivity contribution in [3.05, 3.63) is 40.0 Å². The summed E-state index contributed by atoms with van der Waals surface area (Å²) in [5.41, 5.74) is 3.65. The van der Waals surface area contributed by atoms with E-state index in [2.05, 4.69) is 10.4 Å². The molecule has 0 aliphatic carbocycles. The molecular weight excluding hydrogens is 356 g/mol. The Hall–Kier alpha value is -2.42. The van der Waals surface area contributed by atoms with Crippen LogP contribution in [0.3, 0.4) is 0 Å². The van der Waals surface area contributed by atoms with E-state index in [4.69, 9.17) is 4.74 Å². The van der Waals surface area contributed by atoms with Crippen molar-refractivity contribution in [1.82, 2.24) is 20.0 Å². The summed E-state index contributed by atoms with van der Waals surface area (Å²) >= 11 is 0. The number of halogens is 2. The van der Waals surface area contributed by atoms with Crippen LogP contribution in [0.4, 0.5) is 8.78 Å². The van der Waals surface area contributed by atoms with E-state index in [1.54, 1.807) is 18.1 Å². The summed E-state index contributed by atoms with van der Waals surface area (Å²) in [5.74, 6) is -2.65. The second kappa shape index (κ2) is 6.33. The van der Waals surface area contributed by atoms with Crippen LogP contribution < -0.4 is 10.1 Å². The number of aromatic nitrogens is 2. The number of hydrogen-bond acceptors (Lipinski definition) is 5. The topological polar surface area (TPSA) is 68.4 Å². The molecule has 0 saturated carbocycles. The lowest BCUT2D eigenvalue weighted by Gasteiger charge is -2.43. The monoisotopic (exact) mass is 379 g/mol. The lowest BCUT2D eigenvalue weighted by Crippen LogP contribution is -2.60. The van der Waals surface area contributed by atoms with E-state index in [-0.39, 0.29) is 12.6 Å². The van der Waals surface area contributed by atoms with Crippen molar-refractivity contribution in [2.75, 3.05) is 19.6 Å². The van der Waals surface area contributed by atoms with Crippen LogP contribution in [-0.4, -0.2) is 63.5 Å². The molecular formula is C18H23F2N5O2. The molecule has 2 unspecified atom stereocenters. The van der Waals surface area contributed by atoms with E-state index < -0.39 is 18.6 Å². The van der Waals surface area contributed by atoms with Gasteiger partial charge in [0.25, 0.3) is 5.92 Å². The van der Waals surface area contributed by atoms with Crippen LogP contribution in [0, 0.1) is 5.21 Å². The quantitative estimate of drug-likeness (QED) is 0.639. The first kappa shape index (κ1) is 18.0. The van der Waals surface area contributed by atoms with Crippen LogP contribution in [0.1, 0.15) is 20.3 Å². The molecule has 4 heterocycles. The molecule has 3 aliphatic heterocycles. The number of nitrogens with one attached hydrogen (secondary N) is 1. The van der Waals surface area contributed by atoms with Crippen LogP contribution in [0.15, 0.2) is 34.8 Å². The molecule has 9 heteroatoms. The molecule has 1 aromatic heterocycles. The normalized spacial score (nSPS) is 28.1. The van der Waals surface area contributed by atoms with Crippen molar-refractivity contribution in [2.45, 2.75) is 38.5 Å². The molecule has 1 aromatic rings. The lowest BCUT2D eigenvalue weighted by atomic mass is 9.93. The maximum atomic E-state index is 14.8. The molecule has 3 aliphatic rings. The Morgan fingerprint density at radius 3 is 2.85 bits per heavy atom. The minimum absolute atomic E-state index is 0.204. The van der Waals surface area contributed by atoms with Gasteiger partial charge in [-0.25, -0.2) is 13.5 Å². The van der Waals surface area contributed by atoms with Gasteiger partial charge >= 0.3 is 0 Å². The molecule has 1 N–H and O–H groups in total. The van der Waals surface area contributed by atoms with Crippen molar-refractivity contribution in [2.24, 2.45) is 7.05 Å². The highest BCUT2D eigenvalue weighted by molar-refractivity contribution is 5.80. The van der Waals surface area contributed by atoms with Crippen LogP contribution >= 0.6 is 0 Å². The molecule has 0 bridgehead atoms. The molecule has 4 rings (SSSR count). The van der Waals surface area contributed by atoms with Crippen LogP contribution in [0.5, 0.6) is 5.75 Å².